The largest absolute Gasteiger partial charge is 0.365 e. The molecule has 3 nitrogen and oxygen atoms in total. The van der Waals surface area contributed by atoms with Crippen molar-refractivity contribution in [3.63, 3.8) is 0 Å². The van der Waals surface area contributed by atoms with Crippen LogP contribution in [0.5, 0.6) is 0 Å². The van der Waals surface area contributed by atoms with Crippen molar-refractivity contribution in [2.75, 3.05) is 0 Å². The van der Waals surface area contributed by atoms with E-state index in [-0.39, 0.29) is 16.6 Å². The summed E-state index contributed by atoms with van der Waals surface area (Å²) < 4.78 is 0. The van der Waals surface area contributed by atoms with Crippen LogP contribution in [-0.2, 0) is 4.79 Å². The molecule has 5 atom stereocenters. The van der Waals surface area contributed by atoms with E-state index in [4.69, 9.17) is 0 Å². The van der Waals surface area contributed by atoms with Gasteiger partial charge in [-0.2, -0.15) is 0 Å². The van der Waals surface area contributed by atoms with Crippen molar-refractivity contribution in [2.45, 2.75) is 58.2 Å². The van der Waals surface area contributed by atoms with Crippen molar-refractivity contribution < 1.29 is 15.0 Å². The summed E-state index contributed by atoms with van der Waals surface area (Å²) in [6.07, 6.45) is 11.1. The lowest BCUT2D eigenvalue weighted by atomic mass is 9.48. The topological polar surface area (TPSA) is 57.5 Å². The second kappa shape index (κ2) is 4.33. The molecule has 0 aromatic heterocycles. The molecule has 0 aromatic rings. The molecule has 3 saturated carbocycles. The average molecular weight is 302 g/mol. The number of carbonyl (C=O) groups excluding carboxylic acids is 1. The minimum atomic E-state index is -1.50. The van der Waals surface area contributed by atoms with Crippen LogP contribution in [0.4, 0.5) is 0 Å². The molecule has 0 bridgehead atoms. The van der Waals surface area contributed by atoms with E-state index in [1.165, 1.54) is 5.57 Å². The maximum atomic E-state index is 11.7. The summed E-state index contributed by atoms with van der Waals surface area (Å²) in [6, 6.07) is 0. The summed E-state index contributed by atoms with van der Waals surface area (Å²) >= 11 is 0. The van der Waals surface area contributed by atoms with Crippen LogP contribution in [0.2, 0.25) is 0 Å². The molecule has 0 aromatic carbocycles. The van der Waals surface area contributed by atoms with Crippen LogP contribution >= 0.6 is 0 Å². The van der Waals surface area contributed by atoms with E-state index in [2.05, 4.69) is 19.9 Å². The standard InChI is InChI=1S/C19H26O3/c1-17-8-5-13(20)11-12(17)3-4-14-15(17)6-9-18(2)16(14)7-10-19(18,21)22/h5,8,11,14-16,21-22H,3-4,6-7,9-10H2,1-2H3/t14-,15-,16+,17+,18+/m1/s1. The lowest BCUT2D eigenvalue weighted by Gasteiger charge is -2.57. The third kappa shape index (κ3) is 1.67. The first-order valence-corrected chi connectivity index (χ1v) is 8.67. The summed E-state index contributed by atoms with van der Waals surface area (Å²) in [7, 11) is 0. The van der Waals surface area contributed by atoms with Gasteiger partial charge in [-0.1, -0.05) is 25.5 Å². The quantitative estimate of drug-likeness (QED) is 0.676. The number of hydrogen-bond acceptors (Lipinski definition) is 3. The number of carbonyl (C=O) groups is 1. The number of allylic oxidation sites excluding steroid dienone is 4. The molecular formula is C19H26O3. The van der Waals surface area contributed by atoms with E-state index in [1.807, 2.05) is 6.08 Å². The number of fused-ring (bicyclic) bond motifs is 5. The summed E-state index contributed by atoms with van der Waals surface area (Å²) in [5.41, 5.74) is 0.927. The minimum absolute atomic E-state index is 0.00564. The van der Waals surface area contributed by atoms with E-state index in [0.29, 0.717) is 24.2 Å². The molecule has 3 fully saturated rings. The highest BCUT2D eigenvalue weighted by molar-refractivity contribution is 6.01. The van der Waals surface area contributed by atoms with Crippen LogP contribution in [0.25, 0.3) is 0 Å². The molecule has 4 aliphatic rings. The summed E-state index contributed by atoms with van der Waals surface area (Å²) in [4.78, 5) is 11.7. The van der Waals surface area contributed by atoms with Gasteiger partial charge in [-0.15, -0.1) is 0 Å². The van der Waals surface area contributed by atoms with Crippen LogP contribution in [0.15, 0.2) is 23.8 Å². The molecule has 3 heteroatoms. The van der Waals surface area contributed by atoms with Gasteiger partial charge < -0.3 is 10.2 Å². The molecule has 0 unspecified atom stereocenters. The maximum absolute atomic E-state index is 11.7. The van der Waals surface area contributed by atoms with Crippen LogP contribution in [-0.4, -0.2) is 21.8 Å². The first kappa shape index (κ1) is 14.6. The summed E-state index contributed by atoms with van der Waals surface area (Å²) in [5, 5.41) is 20.9. The van der Waals surface area contributed by atoms with Gasteiger partial charge in [0.2, 0.25) is 0 Å². The van der Waals surface area contributed by atoms with Gasteiger partial charge in [0.1, 0.15) is 0 Å². The van der Waals surface area contributed by atoms with Crippen LogP contribution in [0, 0.1) is 28.6 Å². The Morgan fingerprint density at radius 1 is 1.09 bits per heavy atom. The number of rotatable bonds is 0. The van der Waals surface area contributed by atoms with Gasteiger partial charge in [0.05, 0.1) is 0 Å². The monoisotopic (exact) mass is 302 g/mol. The Labute approximate surface area is 132 Å². The summed E-state index contributed by atoms with van der Waals surface area (Å²) in [6.45, 7) is 4.36. The predicted molar refractivity (Wildman–Crippen MR) is 83.8 cm³/mol. The van der Waals surface area contributed by atoms with Crippen molar-refractivity contribution in [1.82, 2.24) is 0 Å². The molecule has 0 radical (unpaired) electrons. The van der Waals surface area contributed by atoms with Gasteiger partial charge in [0.15, 0.2) is 11.6 Å². The molecule has 120 valence electrons. The Hall–Kier alpha value is -0.930. The third-order valence-electron chi connectivity index (χ3n) is 7.66. The van der Waals surface area contributed by atoms with Crippen molar-refractivity contribution in [3.8, 4) is 0 Å². The Kier molecular flexibility index (Phi) is 2.88. The van der Waals surface area contributed by atoms with E-state index in [9.17, 15) is 15.0 Å². The Bertz CT molecular complexity index is 587. The molecule has 0 spiro atoms. The predicted octanol–water partition coefficient (Wildman–Crippen LogP) is 2.98. The highest BCUT2D eigenvalue weighted by Crippen LogP contribution is 2.66. The Morgan fingerprint density at radius 2 is 1.82 bits per heavy atom. The Morgan fingerprint density at radius 3 is 2.59 bits per heavy atom. The maximum Gasteiger partial charge on any atom is 0.178 e. The average Bonchev–Trinajstić information content (AvgIpc) is 2.70. The zero-order chi connectivity index (χ0) is 15.8. The van der Waals surface area contributed by atoms with E-state index in [1.54, 1.807) is 6.08 Å². The molecular weight excluding hydrogens is 276 g/mol. The first-order chi connectivity index (χ1) is 10.3. The molecule has 4 aliphatic carbocycles. The number of ketones is 1. The lowest BCUT2D eigenvalue weighted by molar-refractivity contribution is -0.246. The van der Waals surface area contributed by atoms with Crippen molar-refractivity contribution in [1.29, 1.82) is 0 Å². The Balaban J connectivity index is 1.71. The molecule has 0 heterocycles. The molecule has 0 saturated heterocycles. The SMILES string of the molecule is C[C@]12C=CC(=O)C=C1CC[C@@H]1[C@H]2CC[C@@]2(C)[C@H]1CCC2(O)O. The van der Waals surface area contributed by atoms with Gasteiger partial charge in [-0.05, 0) is 62.0 Å². The van der Waals surface area contributed by atoms with Gasteiger partial charge in [-0.25, -0.2) is 0 Å². The highest BCUT2D eigenvalue weighted by Gasteiger charge is 2.63. The first-order valence-electron chi connectivity index (χ1n) is 8.67. The zero-order valence-corrected chi connectivity index (χ0v) is 13.5. The summed E-state index contributed by atoms with van der Waals surface area (Å²) in [5.74, 6) is 0.0875. The van der Waals surface area contributed by atoms with Gasteiger partial charge in [0, 0.05) is 17.3 Å². The fourth-order valence-corrected chi connectivity index (χ4v) is 6.19. The van der Waals surface area contributed by atoms with E-state index < -0.39 is 5.79 Å². The lowest BCUT2D eigenvalue weighted by Crippen LogP contribution is -2.54. The van der Waals surface area contributed by atoms with Gasteiger partial charge >= 0.3 is 0 Å². The van der Waals surface area contributed by atoms with Crippen molar-refractivity contribution in [2.24, 2.45) is 28.6 Å². The van der Waals surface area contributed by atoms with E-state index in [0.717, 1.165) is 32.1 Å². The normalized spacial score (nSPS) is 49.2. The fraction of sp³-hybridized carbons (Fsp3) is 0.737. The molecule has 2 N–H and O–H groups in total. The van der Waals surface area contributed by atoms with Gasteiger partial charge in [-0.3, -0.25) is 4.79 Å². The smallest absolute Gasteiger partial charge is 0.178 e. The van der Waals surface area contributed by atoms with Crippen molar-refractivity contribution in [3.05, 3.63) is 23.8 Å². The second-order valence-corrected chi connectivity index (χ2v) is 8.41. The fourth-order valence-electron chi connectivity index (χ4n) is 6.19. The van der Waals surface area contributed by atoms with Gasteiger partial charge in [0.25, 0.3) is 0 Å². The number of aliphatic hydroxyl groups is 2. The second-order valence-electron chi connectivity index (χ2n) is 8.41. The molecule has 4 rings (SSSR count). The van der Waals surface area contributed by atoms with Crippen LogP contribution in [0.3, 0.4) is 0 Å². The minimum Gasteiger partial charge on any atom is -0.365 e. The number of hydrogen-bond donors (Lipinski definition) is 2. The highest BCUT2D eigenvalue weighted by atomic mass is 16.5. The molecule has 0 aliphatic heterocycles. The third-order valence-corrected chi connectivity index (χ3v) is 7.66. The van der Waals surface area contributed by atoms with Crippen LogP contribution < -0.4 is 0 Å². The van der Waals surface area contributed by atoms with E-state index >= 15 is 0 Å². The molecule has 0 amide bonds. The molecule has 22 heavy (non-hydrogen) atoms. The zero-order valence-electron chi connectivity index (χ0n) is 13.5. The van der Waals surface area contributed by atoms with Crippen molar-refractivity contribution >= 4 is 5.78 Å². The van der Waals surface area contributed by atoms with Crippen LogP contribution in [0.1, 0.15) is 52.4 Å².